The van der Waals surface area contributed by atoms with E-state index in [0.29, 0.717) is 17.7 Å². The Bertz CT molecular complexity index is 305. The summed E-state index contributed by atoms with van der Waals surface area (Å²) < 4.78 is 22.5. The smallest absolute Gasteiger partial charge is 0.148 e. The van der Waals surface area contributed by atoms with E-state index in [1.807, 2.05) is 0 Å². The number of rotatable bonds is 6. The van der Waals surface area contributed by atoms with Crippen molar-refractivity contribution in [3.8, 4) is 0 Å². The maximum atomic E-state index is 11.2. The van der Waals surface area contributed by atoms with Crippen molar-refractivity contribution in [2.24, 2.45) is 11.3 Å². The van der Waals surface area contributed by atoms with Crippen molar-refractivity contribution in [2.45, 2.75) is 39.7 Å². The van der Waals surface area contributed by atoms with Crippen molar-refractivity contribution < 1.29 is 8.42 Å². The minimum absolute atomic E-state index is 0.0523. The first-order chi connectivity index (χ1) is 6.74. The molecule has 3 nitrogen and oxygen atoms in total. The molecule has 1 saturated carbocycles. The molecule has 0 amide bonds. The minimum atomic E-state index is -2.83. The van der Waals surface area contributed by atoms with Gasteiger partial charge in [-0.05, 0) is 31.1 Å². The fourth-order valence-electron chi connectivity index (χ4n) is 1.72. The van der Waals surface area contributed by atoms with Crippen molar-refractivity contribution in [3.05, 3.63) is 0 Å². The van der Waals surface area contributed by atoms with Crippen LogP contribution < -0.4 is 5.32 Å². The highest BCUT2D eigenvalue weighted by Gasteiger charge is 2.44. The van der Waals surface area contributed by atoms with Crippen molar-refractivity contribution in [2.75, 3.05) is 18.6 Å². The molecule has 15 heavy (non-hydrogen) atoms. The Kier molecular flexibility index (Phi) is 3.82. The largest absolute Gasteiger partial charge is 0.313 e. The SMILES string of the molecule is CC(C)C(C)NCC1(CS(C)(=O)=O)CC1. The molecule has 1 aliphatic carbocycles. The van der Waals surface area contributed by atoms with Crippen LogP contribution in [0.5, 0.6) is 0 Å². The first kappa shape index (κ1) is 13.0. The van der Waals surface area contributed by atoms with E-state index in [9.17, 15) is 8.42 Å². The van der Waals surface area contributed by atoms with Gasteiger partial charge < -0.3 is 5.32 Å². The van der Waals surface area contributed by atoms with E-state index in [0.717, 1.165) is 19.4 Å². The minimum Gasteiger partial charge on any atom is -0.313 e. The van der Waals surface area contributed by atoms with Crippen molar-refractivity contribution in [3.63, 3.8) is 0 Å². The van der Waals surface area contributed by atoms with Crippen LogP contribution >= 0.6 is 0 Å². The zero-order chi connectivity index (χ0) is 11.7. The molecule has 4 heteroatoms. The second-order valence-corrected chi connectivity index (χ2v) is 7.62. The predicted octanol–water partition coefficient (Wildman–Crippen LogP) is 1.45. The molecule has 1 atom stereocenters. The Balaban J connectivity index is 2.39. The molecular formula is C11H23NO2S. The van der Waals surface area contributed by atoms with E-state index in [1.165, 1.54) is 6.26 Å². The fourth-order valence-corrected chi connectivity index (χ4v) is 3.22. The Morgan fingerprint density at radius 2 is 1.80 bits per heavy atom. The molecule has 1 aliphatic rings. The predicted molar refractivity (Wildman–Crippen MR) is 63.7 cm³/mol. The molecule has 0 aliphatic heterocycles. The molecule has 0 aromatic heterocycles. The Labute approximate surface area is 93.6 Å². The lowest BCUT2D eigenvalue weighted by Crippen LogP contribution is -2.37. The van der Waals surface area contributed by atoms with Gasteiger partial charge in [0.15, 0.2) is 0 Å². The molecule has 1 N–H and O–H groups in total. The normalized spacial score (nSPS) is 21.7. The Morgan fingerprint density at radius 1 is 1.27 bits per heavy atom. The van der Waals surface area contributed by atoms with Crippen LogP contribution in [-0.2, 0) is 9.84 Å². The number of nitrogens with one attached hydrogen (secondary N) is 1. The van der Waals surface area contributed by atoms with Gasteiger partial charge in [0.05, 0.1) is 5.75 Å². The monoisotopic (exact) mass is 233 g/mol. The summed E-state index contributed by atoms with van der Waals surface area (Å²) in [6.45, 7) is 7.35. The highest BCUT2D eigenvalue weighted by Crippen LogP contribution is 2.46. The van der Waals surface area contributed by atoms with Gasteiger partial charge >= 0.3 is 0 Å². The first-order valence-electron chi connectivity index (χ1n) is 5.65. The standard InChI is InChI=1S/C11H23NO2S/c1-9(2)10(3)12-7-11(5-6-11)8-15(4,13)14/h9-10,12H,5-8H2,1-4H3. The number of hydrogen-bond donors (Lipinski definition) is 1. The van der Waals surface area contributed by atoms with Crippen LogP contribution in [0.15, 0.2) is 0 Å². The number of sulfone groups is 1. The molecule has 0 bridgehead atoms. The number of hydrogen-bond acceptors (Lipinski definition) is 3. The van der Waals surface area contributed by atoms with Crippen molar-refractivity contribution >= 4 is 9.84 Å². The van der Waals surface area contributed by atoms with E-state index in [2.05, 4.69) is 26.1 Å². The van der Waals surface area contributed by atoms with Crippen LogP contribution in [-0.4, -0.2) is 33.0 Å². The summed E-state index contributed by atoms with van der Waals surface area (Å²) in [5.41, 5.74) is 0.0523. The van der Waals surface area contributed by atoms with Gasteiger partial charge in [-0.3, -0.25) is 0 Å². The quantitative estimate of drug-likeness (QED) is 0.755. The molecule has 1 fully saturated rings. The second kappa shape index (κ2) is 4.42. The van der Waals surface area contributed by atoms with Crippen LogP contribution in [0.1, 0.15) is 33.6 Å². The van der Waals surface area contributed by atoms with E-state index < -0.39 is 9.84 Å². The average molecular weight is 233 g/mol. The van der Waals surface area contributed by atoms with Crippen LogP contribution in [0.2, 0.25) is 0 Å². The van der Waals surface area contributed by atoms with Crippen LogP contribution in [0.25, 0.3) is 0 Å². The van der Waals surface area contributed by atoms with Gasteiger partial charge in [-0.1, -0.05) is 13.8 Å². The molecule has 0 saturated heterocycles. The molecule has 1 unspecified atom stereocenters. The van der Waals surface area contributed by atoms with Crippen LogP contribution in [0.4, 0.5) is 0 Å². The Morgan fingerprint density at radius 3 is 2.13 bits per heavy atom. The molecule has 90 valence electrons. The highest BCUT2D eigenvalue weighted by atomic mass is 32.2. The summed E-state index contributed by atoms with van der Waals surface area (Å²) in [5.74, 6) is 0.941. The van der Waals surface area contributed by atoms with Crippen LogP contribution in [0.3, 0.4) is 0 Å². The molecule has 0 radical (unpaired) electrons. The molecule has 0 aromatic rings. The lowest BCUT2D eigenvalue weighted by atomic mass is 10.0. The van der Waals surface area contributed by atoms with Gasteiger partial charge in [0.25, 0.3) is 0 Å². The lowest BCUT2D eigenvalue weighted by Gasteiger charge is -2.21. The topological polar surface area (TPSA) is 46.2 Å². The molecular weight excluding hydrogens is 210 g/mol. The summed E-state index contributed by atoms with van der Waals surface area (Å²) in [6, 6.07) is 0.460. The summed E-state index contributed by atoms with van der Waals surface area (Å²) >= 11 is 0. The maximum absolute atomic E-state index is 11.2. The zero-order valence-electron chi connectivity index (χ0n) is 10.2. The van der Waals surface area contributed by atoms with E-state index in [4.69, 9.17) is 0 Å². The molecule has 0 spiro atoms. The van der Waals surface area contributed by atoms with Gasteiger partial charge in [0, 0.05) is 18.8 Å². The fraction of sp³-hybridized carbons (Fsp3) is 1.00. The summed E-state index contributed by atoms with van der Waals surface area (Å²) in [7, 11) is -2.83. The van der Waals surface area contributed by atoms with E-state index >= 15 is 0 Å². The van der Waals surface area contributed by atoms with Gasteiger partial charge in [-0.2, -0.15) is 0 Å². The molecule has 0 heterocycles. The molecule has 0 aromatic carbocycles. The van der Waals surface area contributed by atoms with Gasteiger partial charge in [-0.25, -0.2) is 8.42 Å². The third-order valence-electron chi connectivity index (χ3n) is 3.32. The van der Waals surface area contributed by atoms with E-state index in [1.54, 1.807) is 0 Å². The van der Waals surface area contributed by atoms with Crippen LogP contribution in [0, 0.1) is 11.3 Å². The molecule has 1 rings (SSSR count). The van der Waals surface area contributed by atoms with Gasteiger partial charge in [-0.15, -0.1) is 0 Å². The maximum Gasteiger partial charge on any atom is 0.148 e. The van der Waals surface area contributed by atoms with Gasteiger partial charge in [0.2, 0.25) is 0 Å². The van der Waals surface area contributed by atoms with Gasteiger partial charge in [0.1, 0.15) is 9.84 Å². The Hall–Kier alpha value is -0.0900. The highest BCUT2D eigenvalue weighted by molar-refractivity contribution is 7.90. The summed E-state index contributed by atoms with van der Waals surface area (Å²) in [4.78, 5) is 0. The lowest BCUT2D eigenvalue weighted by molar-refractivity contribution is 0.383. The average Bonchev–Trinajstić information content (AvgIpc) is 2.78. The van der Waals surface area contributed by atoms with Crippen molar-refractivity contribution in [1.29, 1.82) is 0 Å². The van der Waals surface area contributed by atoms with E-state index in [-0.39, 0.29) is 5.41 Å². The third-order valence-corrected chi connectivity index (χ3v) is 4.46. The summed E-state index contributed by atoms with van der Waals surface area (Å²) in [5, 5.41) is 3.44. The zero-order valence-corrected chi connectivity index (χ0v) is 11.0. The summed E-state index contributed by atoms with van der Waals surface area (Å²) in [6.07, 6.45) is 3.44. The second-order valence-electron chi connectivity index (χ2n) is 5.48. The third kappa shape index (κ3) is 4.51. The first-order valence-corrected chi connectivity index (χ1v) is 7.71. The van der Waals surface area contributed by atoms with Crippen molar-refractivity contribution in [1.82, 2.24) is 5.32 Å².